The minimum absolute atomic E-state index is 0.145. The molecule has 1 aromatic rings. The van der Waals surface area contributed by atoms with Crippen molar-refractivity contribution >= 4 is 23.2 Å². The van der Waals surface area contributed by atoms with E-state index in [1.54, 1.807) is 18.7 Å². The second kappa shape index (κ2) is 5.61. The molecule has 0 radical (unpaired) electrons. The van der Waals surface area contributed by atoms with E-state index in [0.717, 1.165) is 6.42 Å². The van der Waals surface area contributed by atoms with Gasteiger partial charge in [-0.05, 0) is 32.8 Å². The molecule has 0 aliphatic carbocycles. The van der Waals surface area contributed by atoms with Crippen LogP contribution in [-0.2, 0) is 0 Å². The highest BCUT2D eigenvalue weighted by Crippen LogP contribution is 2.29. The smallest absolute Gasteiger partial charge is 0.271 e. The van der Waals surface area contributed by atoms with Crippen LogP contribution in [0.2, 0.25) is 5.02 Å². The average molecular weight is 313 g/mol. The van der Waals surface area contributed by atoms with E-state index in [0.29, 0.717) is 13.0 Å². The van der Waals surface area contributed by atoms with Crippen LogP contribution in [0.4, 0.5) is 5.69 Å². The van der Waals surface area contributed by atoms with E-state index >= 15 is 0 Å². The van der Waals surface area contributed by atoms with E-state index < -0.39 is 10.5 Å². The van der Waals surface area contributed by atoms with Crippen molar-refractivity contribution in [3.63, 3.8) is 0 Å². The second-order valence-corrected chi connectivity index (χ2v) is 6.20. The van der Waals surface area contributed by atoms with Gasteiger partial charge in [-0.25, -0.2) is 0 Å². The Morgan fingerprint density at radius 3 is 2.71 bits per heavy atom. The van der Waals surface area contributed by atoms with Crippen LogP contribution in [0, 0.1) is 10.1 Å². The van der Waals surface area contributed by atoms with Crippen LogP contribution in [-0.4, -0.2) is 39.0 Å². The fraction of sp³-hybridized carbons (Fsp3) is 0.500. The van der Waals surface area contributed by atoms with Gasteiger partial charge in [0.1, 0.15) is 0 Å². The maximum atomic E-state index is 12.6. The Labute approximate surface area is 127 Å². The van der Waals surface area contributed by atoms with Gasteiger partial charge in [0.05, 0.1) is 16.6 Å². The van der Waals surface area contributed by atoms with Crippen LogP contribution >= 0.6 is 11.6 Å². The summed E-state index contributed by atoms with van der Waals surface area (Å²) >= 11 is 5.85. The van der Waals surface area contributed by atoms with Crippen molar-refractivity contribution in [3.05, 3.63) is 38.9 Å². The standard InChI is InChI=1S/C14H17ClN2O4/c1-14(2,19)12-4-3-5-16(12)13(18)9-6-10(15)8-11(7-9)17(20)21/h6-8,12,19H,3-5H2,1-2H3. The first-order valence-electron chi connectivity index (χ1n) is 6.68. The summed E-state index contributed by atoms with van der Waals surface area (Å²) in [5, 5.41) is 21.2. The number of amides is 1. The number of non-ortho nitro benzene ring substituents is 1. The van der Waals surface area contributed by atoms with Crippen molar-refractivity contribution in [2.45, 2.75) is 38.3 Å². The summed E-state index contributed by atoms with van der Waals surface area (Å²) in [6.07, 6.45) is 1.50. The number of hydrogen-bond donors (Lipinski definition) is 1. The average Bonchev–Trinajstić information content (AvgIpc) is 2.86. The first kappa shape index (κ1) is 15.7. The number of hydrogen-bond acceptors (Lipinski definition) is 4. The summed E-state index contributed by atoms with van der Waals surface area (Å²) in [7, 11) is 0. The summed E-state index contributed by atoms with van der Waals surface area (Å²) in [4.78, 5) is 24.4. The minimum atomic E-state index is -1.02. The summed E-state index contributed by atoms with van der Waals surface area (Å²) in [6.45, 7) is 3.83. The van der Waals surface area contributed by atoms with Crippen molar-refractivity contribution < 1.29 is 14.8 Å². The molecule has 1 aliphatic heterocycles. The minimum Gasteiger partial charge on any atom is -0.388 e. The first-order chi connectivity index (χ1) is 9.70. The lowest BCUT2D eigenvalue weighted by molar-refractivity contribution is -0.384. The zero-order valence-corrected chi connectivity index (χ0v) is 12.6. The van der Waals surface area contributed by atoms with Gasteiger partial charge in [0.2, 0.25) is 0 Å². The lowest BCUT2D eigenvalue weighted by atomic mass is 9.96. The Hall–Kier alpha value is -1.66. The SMILES string of the molecule is CC(C)(O)C1CCCN1C(=O)c1cc(Cl)cc([N+](=O)[O-])c1. The molecule has 0 aromatic heterocycles. The monoisotopic (exact) mass is 312 g/mol. The molecule has 2 rings (SSSR count). The molecule has 0 spiro atoms. The molecule has 1 aromatic carbocycles. The third kappa shape index (κ3) is 3.33. The van der Waals surface area contributed by atoms with Gasteiger partial charge in [-0.15, -0.1) is 0 Å². The van der Waals surface area contributed by atoms with Gasteiger partial charge in [0, 0.05) is 29.3 Å². The normalized spacial score (nSPS) is 18.9. The summed E-state index contributed by atoms with van der Waals surface area (Å²) < 4.78 is 0. The van der Waals surface area contributed by atoms with Crippen LogP contribution in [0.15, 0.2) is 18.2 Å². The molecule has 21 heavy (non-hydrogen) atoms. The van der Waals surface area contributed by atoms with E-state index in [1.807, 2.05) is 0 Å². The van der Waals surface area contributed by atoms with Gasteiger partial charge in [-0.3, -0.25) is 14.9 Å². The molecule has 1 heterocycles. The summed E-state index contributed by atoms with van der Waals surface area (Å²) in [6, 6.07) is 3.53. The van der Waals surface area contributed by atoms with Crippen molar-refractivity contribution in [1.29, 1.82) is 0 Å². The molecule has 1 atom stereocenters. The van der Waals surface area contributed by atoms with E-state index in [-0.39, 0.29) is 28.2 Å². The van der Waals surface area contributed by atoms with E-state index in [9.17, 15) is 20.0 Å². The molecule has 1 fully saturated rings. The fourth-order valence-electron chi connectivity index (χ4n) is 2.71. The molecule has 1 N–H and O–H groups in total. The number of benzene rings is 1. The Bertz CT molecular complexity index is 583. The van der Waals surface area contributed by atoms with Gasteiger partial charge >= 0.3 is 0 Å². The van der Waals surface area contributed by atoms with Gasteiger partial charge in [-0.2, -0.15) is 0 Å². The quantitative estimate of drug-likeness (QED) is 0.687. The van der Waals surface area contributed by atoms with Crippen LogP contribution in [0.1, 0.15) is 37.0 Å². The predicted octanol–water partition coefficient (Wildman–Crippen LogP) is 2.62. The van der Waals surface area contributed by atoms with E-state index in [1.165, 1.54) is 18.2 Å². The zero-order chi connectivity index (χ0) is 15.8. The number of likely N-dealkylation sites (tertiary alicyclic amines) is 1. The molecular formula is C14H17ClN2O4. The molecule has 0 saturated carbocycles. The largest absolute Gasteiger partial charge is 0.388 e. The number of carbonyl (C=O) groups excluding carboxylic acids is 1. The maximum Gasteiger partial charge on any atom is 0.271 e. The topological polar surface area (TPSA) is 83.7 Å². The highest BCUT2D eigenvalue weighted by Gasteiger charge is 2.39. The van der Waals surface area contributed by atoms with Gasteiger partial charge in [0.25, 0.3) is 11.6 Å². The van der Waals surface area contributed by atoms with Crippen molar-refractivity contribution in [1.82, 2.24) is 4.90 Å². The number of aliphatic hydroxyl groups is 1. The van der Waals surface area contributed by atoms with Gasteiger partial charge in [0.15, 0.2) is 0 Å². The number of nitro benzene ring substituents is 1. The van der Waals surface area contributed by atoms with E-state index in [2.05, 4.69) is 0 Å². The highest BCUT2D eigenvalue weighted by molar-refractivity contribution is 6.31. The molecule has 7 heteroatoms. The van der Waals surface area contributed by atoms with Crippen LogP contribution in [0.5, 0.6) is 0 Å². The number of nitrogens with zero attached hydrogens (tertiary/aromatic N) is 2. The molecular weight excluding hydrogens is 296 g/mol. The Balaban J connectivity index is 2.34. The molecule has 6 nitrogen and oxygen atoms in total. The molecule has 1 unspecified atom stereocenters. The molecule has 1 amide bonds. The highest BCUT2D eigenvalue weighted by atomic mass is 35.5. The first-order valence-corrected chi connectivity index (χ1v) is 7.06. The Morgan fingerprint density at radius 1 is 1.48 bits per heavy atom. The molecule has 1 aliphatic rings. The number of halogens is 1. The third-order valence-corrected chi connectivity index (χ3v) is 3.89. The molecule has 0 bridgehead atoms. The van der Waals surface area contributed by atoms with E-state index in [4.69, 9.17) is 11.6 Å². The Kier molecular flexibility index (Phi) is 4.20. The predicted molar refractivity (Wildman–Crippen MR) is 78.5 cm³/mol. The number of carbonyl (C=O) groups is 1. The summed E-state index contributed by atoms with van der Waals surface area (Å²) in [5.41, 5.74) is -1.06. The molecule has 114 valence electrons. The lowest BCUT2D eigenvalue weighted by Gasteiger charge is -2.33. The van der Waals surface area contributed by atoms with Crippen molar-refractivity contribution in [2.24, 2.45) is 0 Å². The number of nitro groups is 1. The lowest BCUT2D eigenvalue weighted by Crippen LogP contribution is -2.48. The third-order valence-electron chi connectivity index (χ3n) is 3.67. The maximum absolute atomic E-state index is 12.6. The van der Waals surface area contributed by atoms with Crippen LogP contribution < -0.4 is 0 Å². The fourth-order valence-corrected chi connectivity index (χ4v) is 2.94. The summed E-state index contributed by atoms with van der Waals surface area (Å²) in [5.74, 6) is -0.342. The van der Waals surface area contributed by atoms with Crippen molar-refractivity contribution in [2.75, 3.05) is 6.54 Å². The van der Waals surface area contributed by atoms with Crippen LogP contribution in [0.3, 0.4) is 0 Å². The van der Waals surface area contributed by atoms with Gasteiger partial charge < -0.3 is 10.0 Å². The number of rotatable bonds is 3. The van der Waals surface area contributed by atoms with Crippen molar-refractivity contribution in [3.8, 4) is 0 Å². The molecule has 1 saturated heterocycles. The zero-order valence-electron chi connectivity index (χ0n) is 11.9. The van der Waals surface area contributed by atoms with Crippen LogP contribution in [0.25, 0.3) is 0 Å². The Morgan fingerprint density at radius 2 is 2.14 bits per heavy atom. The second-order valence-electron chi connectivity index (χ2n) is 5.77. The van der Waals surface area contributed by atoms with Gasteiger partial charge in [-0.1, -0.05) is 11.6 Å².